The van der Waals surface area contributed by atoms with E-state index < -0.39 is 12.0 Å². The molecule has 5 rings (SSSR count). The van der Waals surface area contributed by atoms with E-state index in [1.807, 2.05) is 30.3 Å². The third kappa shape index (κ3) is 5.35. The average Bonchev–Trinajstić information content (AvgIpc) is 3.06. The minimum Gasteiger partial charge on any atom is -0.481 e. The largest absolute Gasteiger partial charge is 0.481 e. The molecule has 2 aromatic carbocycles. The van der Waals surface area contributed by atoms with Gasteiger partial charge in [0, 0.05) is 36.5 Å². The number of carbonyl (C=O) groups excluding carboxylic acids is 2. The number of nitrogens with zero attached hydrogens (tertiary/aromatic N) is 2. The Morgan fingerprint density at radius 1 is 0.974 bits per heavy atom. The number of carbonyl (C=O) groups is 3. The molecule has 2 heterocycles. The van der Waals surface area contributed by atoms with Crippen LogP contribution in [0.2, 0.25) is 0 Å². The van der Waals surface area contributed by atoms with Gasteiger partial charge < -0.3 is 10.4 Å². The highest BCUT2D eigenvalue weighted by Gasteiger charge is 2.41. The fraction of sp³-hybridized carbons (Fsp3) is 0.312. The Bertz CT molecular complexity index is 1440. The van der Waals surface area contributed by atoms with E-state index in [9.17, 15) is 19.5 Å². The molecule has 0 radical (unpaired) electrons. The maximum Gasteiger partial charge on any atom is 0.303 e. The fourth-order valence-electron chi connectivity index (χ4n) is 5.54. The molecule has 2 aliphatic rings. The van der Waals surface area contributed by atoms with E-state index in [1.54, 1.807) is 23.4 Å². The average molecular weight is 524 g/mol. The molecule has 39 heavy (non-hydrogen) atoms. The standard InChI is InChI=1S/C32H33N3O4/c1-32(2,3)23-12-10-20(11-13-23)22-17-25-30(27(36)18-22)31(21-7-6-16-33-19-21)35(28(37)14-15-29(38)39)26-9-5-4-8-24(26)34-25/h4-13,16,19,22,31,34H,14-15,17-18H2,1-3H3,(H,38,39)/t22-,31-/m0/s1. The molecule has 200 valence electrons. The van der Waals surface area contributed by atoms with Gasteiger partial charge in [-0.1, -0.05) is 63.2 Å². The van der Waals surface area contributed by atoms with Gasteiger partial charge in [-0.25, -0.2) is 0 Å². The quantitative estimate of drug-likeness (QED) is 0.416. The molecule has 1 amide bonds. The summed E-state index contributed by atoms with van der Waals surface area (Å²) in [4.78, 5) is 44.9. The number of hydrogen-bond donors (Lipinski definition) is 2. The number of rotatable bonds is 5. The Balaban J connectivity index is 1.62. The van der Waals surface area contributed by atoms with Gasteiger partial charge in [0.15, 0.2) is 5.78 Å². The summed E-state index contributed by atoms with van der Waals surface area (Å²) in [7, 11) is 0. The number of aromatic nitrogens is 1. The van der Waals surface area contributed by atoms with Crippen LogP contribution in [0.4, 0.5) is 11.4 Å². The third-order valence-electron chi connectivity index (χ3n) is 7.56. The van der Waals surface area contributed by atoms with Crippen molar-refractivity contribution in [2.45, 2.75) is 63.8 Å². The molecule has 0 unspecified atom stereocenters. The van der Waals surface area contributed by atoms with E-state index in [0.717, 1.165) is 11.3 Å². The van der Waals surface area contributed by atoms with Crippen molar-refractivity contribution < 1.29 is 19.5 Å². The lowest BCUT2D eigenvalue weighted by molar-refractivity contribution is -0.138. The summed E-state index contributed by atoms with van der Waals surface area (Å²) in [6.07, 6.45) is 3.78. The van der Waals surface area contributed by atoms with Gasteiger partial charge in [0.05, 0.1) is 23.8 Å². The Morgan fingerprint density at radius 2 is 1.72 bits per heavy atom. The first-order valence-electron chi connectivity index (χ1n) is 13.3. The number of carboxylic acids is 1. The van der Waals surface area contributed by atoms with Crippen LogP contribution in [-0.4, -0.2) is 27.8 Å². The van der Waals surface area contributed by atoms with Crippen LogP contribution in [-0.2, 0) is 19.8 Å². The fourth-order valence-corrected chi connectivity index (χ4v) is 5.54. The van der Waals surface area contributed by atoms with Crippen LogP contribution < -0.4 is 10.2 Å². The number of Topliss-reactive ketones (excluding diaryl/α,β-unsaturated/α-hetero) is 1. The van der Waals surface area contributed by atoms with E-state index in [1.165, 1.54) is 5.56 Å². The summed E-state index contributed by atoms with van der Waals surface area (Å²) in [6, 6.07) is 18.9. The summed E-state index contributed by atoms with van der Waals surface area (Å²) in [5.74, 6) is -1.45. The zero-order valence-corrected chi connectivity index (χ0v) is 22.5. The molecule has 1 aliphatic heterocycles. The van der Waals surface area contributed by atoms with Gasteiger partial charge in [0.25, 0.3) is 0 Å². The highest BCUT2D eigenvalue weighted by atomic mass is 16.4. The topological polar surface area (TPSA) is 99.6 Å². The highest BCUT2D eigenvalue weighted by molar-refractivity contribution is 6.06. The van der Waals surface area contributed by atoms with Gasteiger partial charge in [0.2, 0.25) is 5.91 Å². The minimum atomic E-state index is -1.04. The van der Waals surface area contributed by atoms with Crippen molar-refractivity contribution in [3.8, 4) is 0 Å². The van der Waals surface area contributed by atoms with Crippen molar-refractivity contribution in [2.24, 2.45) is 0 Å². The van der Waals surface area contributed by atoms with Crippen molar-refractivity contribution in [1.29, 1.82) is 0 Å². The van der Waals surface area contributed by atoms with E-state index in [-0.39, 0.29) is 35.9 Å². The van der Waals surface area contributed by atoms with Crippen LogP contribution in [0.5, 0.6) is 0 Å². The Morgan fingerprint density at radius 3 is 2.38 bits per heavy atom. The molecule has 0 spiro atoms. The van der Waals surface area contributed by atoms with Crippen molar-refractivity contribution in [2.75, 3.05) is 10.2 Å². The first-order valence-corrected chi connectivity index (χ1v) is 13.3. The number of anilines is 2. The maximum atomic E-state index is 14.0. The summed E-state index contributed by atoms with van der Waals surface area (Å²) in [5.41, 5.74) is 5.71. The number of para-hydroxylation sites is 2. The van der Waals surface area contributed by atoms with Crippen LogP contribution in [0.1, 0.15) is 75.1 Å². The van der Waals surface area contributed by atoms with E-state index >= 15 is 0 Å². The molecule has 7 nitrogen and oxygen atoms in total. The summed E-state index contributed by atoms with van der Waals surface area (Å²) < 4.78 is 0. The summed E-state index contributed by atoms with van der Waals surface area (Å²) in [5, 5.41) is 12.8. The van der Waals surface area contributed by atoms with Gasteiger partial charge in [-0.15, -0.1) is 0 Å². The molecule has 1 aromatic heterocycles. The second-order valence-electron chi connectivity index (χ2n) is 11.3. The number of nitrogens with one attached hydrogen (secondary N) is 1. The second-order valence-corrected chi connectivity index (χ2v) is 11.3. The van der Waals surface area contributed by atoms with Crippen LogP contribution in [0.15, 0.2) is 84.3 Å². The lowest BCUT2D eigenvalue weighted by Crippen LogP contribution is -2.38. The lowest BCUT2D eigenvalue weighted by Gasteiger charge is -2.35. The van der Waals surface area contributed by atoms with Gasteiger partial charge in [-0.05, 0) is 52.6 Å². The van der Waals surface area contributed by atoms with Crippen LogP contribution in [0, 0.1) is 0 Å². The van der Waals surface area contributed by atoms with E-state index in [2.05, 4.69) is 55.3 Å². The van der Waals surface area contributed by atoms with Crippen LogP contribution >= 0.6 is 0 Å². The molecule has 2 N–H and O–H groups in total. The van der Waals surface area contributed by atoms with Crippen molar-refractivity contribution in [1.82, 2.24) is 4.98 Å². The Hall–Kier alpha value is -4.26. The van der Waals surface area contributed by atoms with Crippen molar-refractivity contribution in [3.63, 3.8) is 0 Å². The van der Waals surface area contributed by atoms with Crippen molar-refractivity contribution >= 4 is 29.0 Å². The number of hydrogen-bond acceptors (Lipinski definition) is 5. The molecule has 1 aliphatic carbocycles. The number of ketones is 1. The number of aliphatic carboxylic acids is 1. The molecule has 0 bridgehead atoms. The molecule has 0 saturated carbocycles. The molecule has 7 heteroatoms. The zero-order valence-electron chi connectivity index (χ0n) is 22.5. The predicted molar refractivity (Wildman–Crippen MR) is 151 cm³/mol. The summed E-state index contributed by atoms with van der Waals surface area (Å²) >= 11 is 0. The zero-order chi connectivity index (χ0) is 27.7. The third-order valence-corrected chi connectivity index (χ3v) is 7.56. The second kappa shape index (κ2) is 10.5. The number of allylic oxidation sites excluding steroid dienone is 1. The smallest absolute Gasteiger partial charge is 0.303 e. The van der Waals surface area contributed by atoms with Crippen molar-refractivity contribution in [3.05, 3.63) is 101 Å². The monoisotopic (exact) mass is 523 g/mol. The molecule has 2 atom stereocenters. The number of fused-ring (bicyclic) bond motifs is 1. The molecule has 3 aromatic rings. The first kappa shape index (κ1) is 26.4. The van der Waals surface area contributed by atoms with E-state index in [0.29, 0.717) is 35.4 Å². The van der Waals surface area contributed by atoms with Gasteiger partial charge in [-0.2, -0.15) is 0 Å². The molecular weight excluding hydrogens is 490 g/mol. The molecular formula is C32H33N3O4. The Labute approximate surface area is 228 Å². The number of carboxylic acid groups (broad SMARTS) is 1. The van der Waals surface area contributed by atoms with Crippen LogP contribution in [0.25, 0.3) is 0 Å². The van der Waals surface area contributed by atoms with E-state index in [4.69, 9.17) is 0 Å². The first-order chi connectivity index (χ1) is 18.6. The number of pyridine rings is 1. The number of benzene rings is 2. The normalized spacial score (nSPS) is 19.1. The minimum absolute atomic E-state index is 0.00580. The lowest BCUT2D eigenvalue weighted by atomic mass is 9.77. The maximum absolute atomic E-state index is 14.0. The predicted octanol–water partition coefficient (Wildman–Crippen LogP) is 6.14. The highest BCUT2D eigenvalue weighted by Crippen LogP contribution is 2.47. The summed E-state index contributed by atoms with van der Waals surface area (Å²) in [6.45, 7) is 6.54. The number of amides is 1. The molecule has 0 fully saturated rings. The SMILES string of the molecule is CC(C)(C)c1ccc([C@@H]2CC(=O)C3=C(C2)Nc2ccccc2N(C(=O)CCC(=O)O)[C@H]3c2cccnc2)cc1. The van der Waals surface area contributed by atoms with Crippen LogP contribution in [0.3, 0.4) is 0 Å². The van der Waals surface area contributed by atoms with Gasteiger partial charge in [0.1, 0.15) is 0 Å². The van der Waals surface area contributed by atoms with Gasteiger partial charge >= 0.3 is 5.97 Å². The Kier molecular flexibility index (Phi) is 7.08. The molecule has 0 saturated heterocycles. The van der Waals surface area contributed by atoms with Gasteiger partial charge in [-0.3, -0.25) is 24.3 Å².